The highest BCUT2D eigenvalue weighted by atomic mass is 32.1. The Morgan fingerprint density at radius 1 is 1.58 bits per heavy atom. The average Bonchev–Trinajstić information content (AvgIpc) is 2.95. The van der Waals surface area contributed by atoms with E-state index in [0.717, 1.165) is 5.69 Å². The topological polar surface area (TPSA) is 80.0 Å². The van der Waals surface area contributed by atoms with Gasteiger partial charge in [0, 0.05) is 12.7 Å². The number of amides is 1. The third kappa shape index (κ3) is 2.99. The molecule has 0 aliphatic rings. The van der Waals surface area contributed by atoms with E-state index in [1.165, 1.54) is 17.5 Å². The van der Waals surface area contributed by atoms with Crippen LogP contribution < -0.4 is 5.32 Å². The Bertz CT molecular complexity index is 663. The molecule has 2 N–H and O–H groups in total. The van der Waals surface area contributed by atoms with Crippen molar-refractivity contribution in [2.24, 2.45) is 7.05 Å². The van der Waals surface area contributed by atoms with Crippen molar-refractivity contribution in [1.29, 1.82) is 0 Å². The van der Waals surface area contributed by atoms with Gasteiger partial charge in [-0.05, 0) is 6.92 Å². The normalized spacial score (nSPS) is 9.84. The quantitative estimate of drug-likeness (QED) is 0.794. The Labute approximate surface area is 114 Å². The summed E-state index contributed by atoms with van der Waals surface area (Å²) in [5.41, 5.74) is 1.30. The first-order chi connectivity index (χ1) is 9.11. The second-order valence-corrected chi connectivity index (χ2v) is 4.74. The van der Waals surface area contributed by atoms with Crippen LogP contribution in [0.1, 0.15) is 20.9 Å². The van der Waals surface area contributed by atoms with Crippen LogP contribution in [-0.2, 0) is 7.05 Å². The number of aromatic nitrogens is 3. The number of carbonyl (C=O) groups is 1. The third-order valence-corrected chi connectivity index (χ3v) is 3.32. The monoisotopic (exact) mass is 276 g/mol. The lowest BCUT2D eigenvalue weighted by Crippen LogP contribution is -2.12. The van der Waals surface area contributed by atoms with E-state index in [4.69, 9.17) is 5.11 Å². The zero-order valence-corrected chi connectivity index (χ0v) is 11.3. The van der Waals surface area contributed by atoms with Crippen molar-refractivity contribution in [3.8, 4) is 11.8 Å². The second-order valence-electron chi connectivity index (χ2n) is 3.71. The van der Waals surface area contributed by atoms with Crippen molar-refractivity contribution >= 4 is 22.4 Å². The van der Waals surface area contributed by atoms with E-state index in [2.05, 4.69) is 27.2 Å². The molecule has 0 saturated carbocycles. The summed E-state index contributed by atoms with van der Waals surface area (Å²) in [6.45, 7) is 1.62. The molecule has 0 unspecified atom stereocenters. The van der Waals surface area contributed by atoms with Crippen molar-refractivity contribution in [3.05, 3.63) is 28.5 Å². The lowest BCUT2D eigenvalue weighted by atomic mass is 10.2. The van der Waals surface area contributed by atoms with Gasteiger partial charge in [0.2, 0.25) is 0 Å². The van der Waals surface area contributed by atoms with Gasteiger partial charge in [-0.3, -0.25) is 14.8 Å². The molecule has 0 aromatic carbocycles. The molecule has 2 rings (SSSR count). The van der Waals surface area contributed by atoms with E-state index >= 15 is 0 Å². The largest absolute Gasteiger partial charge is 0.384 e. The molecule has 6 nitrogen and oxygen atoms in total. The summed E-state index contributed by atoms with van der Waals surface area (Å²) in [5.74, 6) is 5.01. The van der Waals surface area contributed by atoms with Gasteiger partial charge in [0.25, 0.3) is 5.91 Å². The Hall–Kier alpha value is -2.17. The molecule has 0 atom stereocenters. The lowest BCUT2D eigenvalue weighted by Gasteiger charge is -2.00. The molecule has 7 heteroatoms. The van der Waals surface area contributed by atoms with Gasteiger partial charge >= 0.3 is 0 Å². The molecule has 0 bridgehead atoms. The summed E-state index contributed by atoms with van der Waals surface area (Å²) < 4.78 is 1.63. The highest BCUT2D eigenvalue weighted by Crippen LogP contribution is 2.18. The Morgan fingerprint density at radius 2 is 2.37 bits per heavy atom. The summed E-state index contributed by atoms with van der Waals surface area (Å²) in [6.07, 6.45) is 3.07. The number of nitrogens with one attached hydrogen (secondary N) is 1. The summed E-state index contributed by atoms with van der Waals surface area (Å²) in [5, 5.41) is 15.8. The molecular weight excluding hydrogens is 264 g/mol. The summed E-state index contributed by atoms with van der Waals surface area (Å²) in [6, 6.07) is 0. The van der Waals surface area contributed by atoms with Crippen LogP contribution in [0.2, 0.25) is 0 Å². The van der Waals surface area contributed by atoms with Crippen molar-refractivity contribution < 1.29 is 9.90 Å². The molecular formula is C12H12N4O2S. The number of aryl methyl sites for hydroxylation is 1. The Kier molecular flexibility index (Phi) is 3.94. The molecule has 0 radical (unpaired) electrons. The first-order valence-electron chi connectivity index (χ1n) is 5.47. The van der Waals surface area contributed by atoms with Crippen LogP contribution >= 0.6 is 11.3 Å². The molecule has 2 aromatic heterocycles. The maximum Gasteiger partial charge on any atom is 0.260 e. The number of anilines is 1. The van der Waals surface area contributed by atoms with E-state index in [1.54, 1.807) is 17.9 Å². The summed E-state index contributed by atoms with van der Waals surface area (Å²) >= 11 is 1.25. The van der Waals surface area contributed by atoms with Crippen LogP contribution in [-0.4, -0.2) is 32.4 Å². The number of hydrogen-bond acceptors (Lipinski definition) is 5. The molecule has 1 amide bonds. The van der Waals surface area contributed by atoms with Crippen LogP contribution in [0.4, 0.5) is 5.13 Å². The lowest BCUT2D eigenvalue weighted by molar-refractivity contribution is 0.102. The van der Waals surface area contributed by atoms with E-state index in [1.807, 2.05) is 6.92 Å². The van der Waals surface area contributed by atoms with Gasteiger partial charge in [-0.25, -0.2) is 4.98 Å². The fraction of sp³-hybridized carbons (Fsp3) is 0.250. The second kappa shape index (κ2) is 5.65. The molecule has 0 aliphatic carbocycles. The number of thiazole rings is 1. The van der Waals surface area contributed by atoms with Gasteiger partial charge in [0.1, 0.15) is 6.61 Å². The van der Waals surface area contributed by atoms with Crippen LogP contribution in [0.3, 0.4) is 0 Å². The van der Waals surface area contributed by atoms with E-state index in [0.29, 0.717) is 15.6 Å². The van der Waals surface area contributed by atoms with Gasteiger partial charge in [-0.1, -0.05) is 23.2 Å². The molecule has 2 heterocycles. The maximum atomic E-state index is 12.0. The number of rotatable bonds is 2. The fourth-order valence-electron chi connectivity index (χ4n) is 1.40. The van der Waals surface area contributed by atoms with Gasteiger partial charge < -0.3 is 5.11 Å². The molecule has 98 valence electrons. The van der Waals surface area contributed by atoms with Crippen molar-refractivity contribution in [3.63, 3.8) is 0 Å². The molecule has 0 spiro atoms. The van der Waals surface area contributed by atoms with Gasteiger partial charge in [0.05, 0.1) is 22.8 Å². The smallest absolute Gasteiger partial charge is 0.260 e. The van der Waals surface area contributed by atoms with E-state index in [-0.39, 0.29) is 12.5 Å². The van der Waals surface area contributed by atoms with Crippen LogP contribution in [0, 0.1) is 18.8 Å². The molecule has 0 aliphatic heterocycles. The minimum Gasteiger partial charge on any atom is -0.384 e. The molecule has 0 fully saturated rings. The highest BCUT2D eigenvalue weighted by molar-refractivity contribution is 7.16. The van der Waals surface area contributed by atoms with Gasteiger partial charge in [-0.15, -0.1) is 0 Å². The number of nitrogens with zero attached hydrogens (tertiary/aromatic N) is 3. The van der Waals surface area contributed by atoms with E-state index in [9.17, 15) is 4.79 Å². The van der Waals surface area contributed by atoms with Crippen molar-refractivity contribution in [1.82, 2.24) is 14.8 Å². The third-order valence-electron chi connectivity index (χ3n) is 2.50. The SMILES string of the molecule is Cc1c(C(=O)Nc2ncc(C#CCO)s2)cnn1C. The van der Waals surface area contributed by atoms with Crippen LogP contribution in [0.15, 0.2) is 12.4 Å². The van der Waals surface area contributed by atoms with Crippen LogP contribution in [0.5, 0.6) is 0 Å². The van der Waals surface area contributed by atoms with Gasteiger partial charge in [-0.2, -0.15) is 5.10 Å². The predicted octanol–water partition coefficient (Wildman–Crippen LogP) is 0.781. The summed E-state index contributed by atoms with van der Waals surface area (Å²) in [4.78, 5) is 16.7. The minimum absolute atomic E-state index is 0.200. The van der Waals surface area contributed by atoms with Gasteiger partial charge in [0.15, 0.2) is 5.13 Å². The molecule has 19 heavy (non-hydrogen) atoms. The zero-order valence-electron chi connectivity index (χ0n) is 10.5. The van der Waals surface area contributed by atoms with E-state index < -0.39 is 0 Å². The first-order valence-corrected chi connectivity index (χ1v) is 6.29. The Balaban J connectivity index is 2.11. The van der Waals surface area contributed by atoms with Crippen LogP contribution in [0.25, 0.3) is 0 Å². The van der Waals surface area contributed by atoms with Crippen molar-refractivity contribution in [2.75, 3.05) is 11.9 Å². The zero-order chi connectivity index (χ0) is 13.8. The summed E-state index contributed by atoms with van der Waals surface area (Å²) in [7, 11) is 1.78. The number of aliphatic hydroxyl groups is 1. The number of carbonyl (C=O) groups excluding carboxylic acids is 1. The Morgan fingerprint density at radius 3 is 3.00 bits per heavy atom. The number of hydrogen-bond donors (Lipinski definition) is 2. The first kappa shape index (κ1) is 13.3. The fourth-order valence-corrected chi connectivity index (χ4v) is 2.09. The minimum atomic E-state index is -0.249. The van der Waals surface area contributed by atoms with Crippen molar-refractivity contribution in [2.45, 2.75) is 6.92 Å². The predicted molar refractivity (Wildman–Crippen MR) is 72.0 cm³/mol. The standard InChI is InChI=1S/C12H12N4O2S/c1-8-10(7-14-16(8)2)11(18)15-12-13-6-9(19-12)4-3-5-17/h6-7,17H,5H2,1-2H3,(H,13,15,18). The maximum absolute atomic E-state index is 12.0. The number of aliphatic hydroxyl groups excluding tert-OH is 1. The molecule has 0 saturated heterocycles. The average molecular weight is 276 g/mol. The molecule has 2 aromatic rings. The highest BCUT2D eigenvalue weighted by Gasteiger charge is 2.14.